The monoisotopic (exact) mass is 476 g/mol. The van der Waals surface area contributed by atoms with E-state index < -0.39 is 12.1 Å². The van der Waals surface area contributed by atoms with Crippen LogP contribution < -0.4 is 10.6 Å². The number of amides is 2. The molecule has 1 unspecified atom stereocenters. The Morgan fingerprint density at radius 3 is 2.23 bits per heavy atom. The SMILES string of the molecule is O=C(O)CC(CNC(=O)[C@@H]1CC[C@H](NC(=O)OCC2c3ccccc3-c3ccccc32)C1)C1CC1. The largest absolute Gasteiger partial charge is 0.481 e. The van der Waals surface area contributed by atoms with Crippen LogP contribution in [0.4, 0.5) is 4.79 Å². The molecule has 5 rings (SSSR count). The Kier molecular flexibility index (Phi) is 6.75. The lowest BCUT2D eigenvalue weighted by molar-refractivity contribution is -0.138. The van der Waals surface area contributed by atoms with E-state index in [2.05, 4.69) is 34.9 Å². The van der Waals surface area contributed by atoms with Gasteiger partial charge in [-0.2, -0.15) is 0 Å². The van der Waals surface area contributed by atoms with Crippen molar-refractivity contribution in [2.75, 3.05) is 13.2 Å². The molecule has 3 atom stereocenters. The van der Waals surface area contributed by atoms with Gasteiger partial charge in [-0.05, 0) is 66.2 Å². The molecule has 0 aliphatic heterocycles. The van der Waals surface area contributed by atoms with Gasteiger partial charge in [0.05, 0.1) is 6.42 Å². The zero-order valence-electron chi connectivity index (χ0n) is 19.7. The average molecular weight is 477 g/mol. The van der Waals surface area contributed by atoms with Gasteiger partial charge in [-0.3, -0.25) is 9.59 Å². The predicted octanol–water partition coefficient (Wildman–Crippen LogP) is 4.31. The van der Waals surface area contributed by atoms with Gasteiger partial charge >= 0.3 is 12.1 Å². The van der Waals surface area contributed by atoms with Crippen LogP contribution in [-0.4, -0.2) is 42.3 Å². The Bertz CT molecular complexity index is 1070. The van der Waals surface area contributed by atoms with E-state index >= 15 is 0 Å². The quantitative estimate of drug-likeness (QED) is 0.500. The topological polar surface area (TPSA) is 105 Å². The second-order valence-corrected chi connectivity index (χ2v) is 10.1. The summed E-state index contributed by atoms with van der Waals surface area (Å²) in [5.41, 5.74) is 4.72. The molecule has 0 aromatic heterocycles. The Morgan fingerprint density at radius 1 is 0.943 bits per heavy atom. The van der Waals surface area contributed by atoms with E-state index in [1.807, 2.05) is 24.3 Å². The number of hydrogen-bond donors (Lipinski definition) is 3. The average Bonchev–Trinajstić information content (AvgIpc) is 3.51. The molecular formula is C28H32N2O5. The second kappa shape index (κ2) is 10.1. The van der Waals surface area contributed by atoms with Crippen LogP contribution in [0.3, 0.4) is 0 Å². The number of carbonyl (C=O) groups excluding carboxylic acids is 2. The fourth-order valence-electron chi connectivity index (χ4n) is 5.73. The van der Waals surface area contributed by atoms with Crippen LogP contribution >= 0.6 is 0 Å². The fraction of sp³-hybridized carbons (Fsp3) is 0.464. The minimum absolute atomic E-state index is 0.00704. The highest BCUT2D eigenvalue weighted by Crippen LogP contribution is 2.44. The minimum Gasteiger partial charge on any atom is -0.481 e. The van der Waals surface area contributed by atoms with Crippen molar-refractivity contribution >= 4 is 18.0 Å². The van der Waals surface area contributed by atoms with Gasteiger partial charge in [0.15, 0.2) is 0 Å². The number of aliphatic carboxylic acids is 1. The summed E-state index contributed by atoms with van der Waals surface area (Å²) in [7, 11) is 0. The molecule has 2 saturated carbocycles. The standard InChI is InChI=1S/C28H32N2O5/c31-26(32)14-19(17-9-10-17)15-29-27(33)18-11-12-20(13-18)30-28(34)35-16-25-23-7-3-1-5-21(23)22-6-2-4-8-24(22)25/h1-8,17-20,25H,9-16H2,(H,29,33)(H,30,34)(H,31,32)/t18-,19?,20+/m1/s1. The summed E-state index contributed by atoms with van der Waals surface area (Å²) in [6, 6.07) is 16.4. The predicted molar refractivity (Wildman–Crippen MR) is 131 cm³/mol. The first kappa shape index (κ1) is 23.4. The number of ether oxygens (including phenoxy) is 1. The molecule has 0 saturated heterocycles. The molecule has 2 aromatic carbocycles. The van der Waals surface area contributed by atoms with Crippen molar-refractivity contribution in [1.29, 1.82) is 0 Å². The number of hydrogen-bond acceptors (Lipinski definition) is 4. The molecule has 2 fully saturated rings. The first-order chi connectivity index (χ1) is 17.0. The van der Waals surface area contributed by atoms with Crippen molar-refractivity contribution in [3.63, 3.8) is 0 Å². The van der Waals surface area contributed by atoms with E-state index in [0.29, 0.717) is 25.3 Å². The molecular weight excluding hydrogens is 444 g/mol. The third-order valence-corrected chi connectivity index (χ3v) is 7.73. The number of nitrogens with one attached hydrogen (secondary N) is 2. The van der Waals surface area contributed by atoms with Crippen molar-refractivity contribution in [3.05, 3.63) is 59.7 Å². The molecule has 0 spiro atoms. The summed E-state index contributed by atoms with van der Waals surface area (Å²) < 4.78 is 5.64. The Labute approximate surface area is 205 Å². The lowest BCUT2D eigenvalue weighted by Gasteiger charge is -2.18. The second-order valence-electron chi connectivity index (χ2n) is 10.1. The Hall–Kier alpha value is -3.35. The van der Waals surface area contributed by atoms with Crippen LogP contribution in [0.5, 0.6) is 0 Å². The number of carboxylic acid groups (broad SMARTS) is 1. The zero-order chi connectivity index (χ0) is 24.4. The number of carbonyl (C=O) groups is 3. The molecule has 184 valence electrons. The maximum Gasteiger partial charge on any atom is 0.407 e. The maximum atomic E-state index is 12.6. The van der Waals surface area contributed by atoms with Crippen LogP contribution in [0, 0.1) is 17.8 Å². The summed E-state index contributed by atoms with van der Waals surface area (Å²) in [5.74, 6) is -0.591. The summed E-state index contributed by atoms with van der Waals surface area (Å²) >= 11 is 0. The molecule has 7 nitrogen and oxygen atoms in total. The highest BCUT2D eigenvalue weighted by Gasteiger charge is 2.35. The lowest BCUT2D eigenvalue weighted by Crippen LogP contribution is -2.37. The number of carboxylic acids is 1. The van der Waals surface area contributed by atoms with Gasteiger partial charge in [0, 0.05) is 24.4 Å². The van der Waals surface area contributed by atoms with Gasteiger partial charge in [0.1, 0.15) is 6.61 Å². The van der Waals surface area contributed by atoms with E-state index in [0.717, 1.165) is 19.3 Å². The molecule has 3 aliphatic carbocycles. The van der Waals surface area contributed by atoms with Crippen molar-refractivity contribution in [2.24, 2.45) is 17.8 Å². The van der Waals surface area contributed by atoms with Crippen molar-refractivity contribution in [3.8, 4) is 11.1 Å². The summed E-state index contributed by atoms with van der Waals surface area (Å²) in [6.45, 7) is 0.680. The molecule has 3 aliphatic rings. The van der Waals surface area contributed by atoms with E-state index in [4.69, 9.17) is 9.84 Å². The van der Waals surface area contributed by atoms with Crippen LogP contribution in [0.2, 0.25) is 0 Å². The van der Waals surface area contributed by atoms with Crippen LogP contribution in [0.25, 0.3) is 11.1 Å². The van der Waals surface area contributed by atoms with Gasteiger partial charge in [0.2, 0.25) is 5.91 Å². The van der Waals surface area contributed by atoms with E-state index in [9.17, 15) is 14.4 Å². The first-order valence-corrected chi connectivity index (χ1v) is 12.6. The van der Waals surface area contributed by atoms with Crippen molar-refractivity contribution in [2.45, 2.75) is 50.5 Å². The Morgan fingerprint density at radius 2 is 1.60 bits per heavy atom. The van der Waals surface area contributed by atoms with Gasteiger partial charge in [0.25, 0.3) is 0 Å². The maximum absolute atomic E-state index is 12.6. The molecule has 7 heteroatoms. The highest BCUT2D eigenvalue weighted by molar-refractivity contribution is 5.80. The molecule has 35 heavy (non-hydrogen) atoms. The lowest BCUT2D eigenvalue weighted by atomic mass is 9.98. The minimum atomic E-state index is -0.815. The van der Waals surface area contributed by atoms with E-state index in [-0.39, 0.29) is 42.7 Å². The molecule has 0 heterocycles. The third kappa shape index (κ3) is 5.34. The third-order valence-electron chi connectivity index (χ3n) is 7.73. The summed E-state index contributed by atoms with van der Waals surface area (Å²) in [5, 5.41) is 15.0. The van der Waals surface area contributed by atoms with E-state index in [1.54, 1.807) is 0 Å². The number of fused-ring (bicyclic) bond motifs is 3. The Balaban J connectivity index is 1.09. The molecule has 2 aromatic rings. The van der Waals surface area contributed by atoms with Gasteiger partial charge in [-0.15, -0.1) is 0 Å². The molecule has 3 N–H and O–H groups in total. The summed E-state index contributed by atoms with van der Waals surface area (Å²) in [4.78, 5) is 36.3. The smallest absolute Gasteiger partial charge is 0.407 e. The van der Waals surface area contributed by atoms with Gasteiger partial charge in [-0.25, -0.2) is 4.79 Å². The van der Waals surface area contributed by atoms with E-state index in [1.165, 1.54) is 22.3 Å². The van der Waals surface area contributed by atoms with Crippen LogP contribution in [0.1, 0.15) is 55.6 Å². The van der Waals surface area contributed by atoms with Crippen LogP contribution in [-0.2, 0) is 14.3 Å². The fourth-order valence-corrected chi connectivity index (χ4v) is 5.73. The van der Waals surface area contributed by atoms with Gasteiger partial charge < -0.3 is 20.5 Å². The number of rotatable bonds is 9. The summed E-state index contributed by atoms with van der Waals surface area (Å²) in [6.07, 6.45) is 3.74. The zero-order valence-corrected chi connectivity index (χ0v) is 19.7. The number of alkyl carbamates (subject to hydrolysis) is 1. The number of benzene rings is 2. The molecule has 0 radical (unpaired) electrons. The van der Waals surface area contributed by atoms with Crippen molar-refractivity contribution < 1.29 is 24.2 Å². The normalized spacial score (nSPS) is 21.6. The highest BCUT2D eigenvalue weighted by atomic mass is 16.5. The van der Waals surface area contributed by atoms with Crippen molar-refractivity contribution in [1.82, 2.24) is 10.6 Å². The molecule has 2 amide bonds. The first-order valence-electron chi connectivity index (χ1n) is 12.6. The van der Waals surface area contributed by atoms with Crippen LogP contribution in [0.15, 0.2) is 48.5 Å². The molecule has 0 bridgehead atoms. The van der Waals surface area contributed by atoms with Gasteiger partial charge in [-0.1, -0.05) is 48.5 Å².